The molecular formula is C18H14F2N2O2. The number of carbonyl (C=O) groups excluding carboxylic acids is 2. The predicted molar refractivity (Wildman–Crippen MR) is 85.4 cm³/mol. The summed E-state index contributed by atoms with van der Waals surface area (Å²) < 4.78 is 25.9. The molecule has 0 aliphatic carbocycles. The fraction of sp³-hybridized carbons (Fsp3) is 0.111. The van der Waals surface area contributed by atoms with Crippen molar-refractivity contribution in [2.75, 3.05) is 13.6 Å². The van der Waals surface area contributed by atoms with Crippen LogP contribution in [0.2, 0.25) is 0 Å². The molecule has 0 saturated carbocycles. The highest BCUT2D eigenvalue weighted by molar-refractivity contribution is 5.96. The summed E-state index contributed by atoms with van der Waals surface area (Å²) in [5, 5.41) is 5.00. The summed E-state index contributed by atoms with van der Waals surface area (Å²) in [6.45, 7) is -0.0000921. The first-order valence-corrected chi connectivity index (χ1v) is 7.06. The van der Waals surface area contributed by atoms with Crippen LogP contribution in [0.15, 0.2) is 42.5 Å². The van der Waals surface area contributed by atoms with Crippen molar-refractivity contribution in [3.05, 3.63) is 70.8 Å². The number of rotatable bonds is 3. The molecule has 24 heavy (non-hydrogen) atoms. The fourth-order valence-electron chi connectivity index (χ4n) is 1.93. The molecule has 122 valence electrons. The zero-order valence-electron chi connectivity index (χ0n) is 12.8. The Morgan fingerprint density at radius 1 is 1.04 bits per heavy atom. The molecule has 2 N–H and O–H groups in total. The molecule has 0 aliphatic heterocycles. The lowest BCUT2D eigenvalue weighted by molar-refractivity contribution is 0.0951. The second-order valence-electron chi connectivity index (χ2n) is 4.74. The first-order valence-electron chi connectivity index (χ1n) is 7.06. The Hall–Kier alpha value is -3.20. The van der Waals surface area contributed by atoms with E-state index in [2.05, 4.69) is 22.5 Å². The average Bonchev–Trinajstić information content (AvgIpc) is 2.60. The molecule has 0 bridgehead atoms. The predicted octanol–water partition coefficient (Wildman–Crippen LogP) is 2.11. The highest BCUT2D eigenvalue weighted by atomic mass is 19.2. The van der Waals surface area contributed by atoms with E-state index in [1.807, 2.05) is 0 Å². The summed E-state index contributed by atoms with van der Waals surface area (Å²) in [6, 6.07) is 9.69. The number of halogens is 2. The maximum atomic E-state index is 13.1. The Labute approximate surface area is 137 Å². The number of benzene rings is 2. The molecule has 0 unspecified atom stereocenters. The summed E-state index contributed by atoms with van der Waals surface area (Å²) in [6.07, 6.45) is 0. The van der Waals surface area contributed by atoms with Crippen molar-refractivity contribution in [2.45, 2.75) is 0 Å². The second kappa shape index (κ2) is 7.88. The maximum absolute atomic E-state index is 13.1. The van der Waals surface area contributed by atoms with E-state index in [1.54, 1.807) is 24.3 Å². The number of amides is 2. The van der Waals surface area contributed by atoms with Crippen LogP contribution in [0.4, 0.5) is 8.78 Å². The Kier molecular flexibility index (Phi) is 5.63. The fourth-order valence-corrected chi connectivity index (χ4v) is 1.93. The van der Waals surface area contributed by atoms with E-state index >= 15 is 0 Å². The smallest absolute Gasteiger partial charge is 0.252 e. The van der Waals surface area contributed by atoms with E-state index in [9.17, 15) is 18.4 Å². The average molecular weight is 328 g/mol. The van der Waals surface area contributed by atoms with Gasteiger partial charge in [-0.15, -0.1) is 0 Å². The van der Waals surface area contributed by atoms with Gasteiger partial charge in [0.2, 0.25) is 0 Å². The van der Waals surface area contributed by atoms with Crippen LogP contribution in [-0.2, 0) is 0 Å². The summed E-state index contributed by atoms with van der Waals surface area (Å²) in [5.74, 6) is 2.58. The van der Waals surface area contributed by atoms with Gasteiger partial charge in [-0.25, -0.2) is 8.78 Å². The van der Waals surface area contributed by atoms with Crippen LogP contribution in [0.25, 0.3) is 0 Å². The highest BCUT2D eigenvalue weighted by Crippen LogP contribution is 2.08. The van der Waals surface area contributed by atoms with Gasteiger partial charge in [-0.1, -0.05) is 24.0 Å². The maximum Gasteiger partial charge on any atom is 0.252 e. The molecule has 0 spiro atoms. The molecule has 2 aromatic rings. The number of carbonyl (C=O) groups is 2. The number of hydrogen-bond donors (Lipinski definition) is 2. The Morgan fingerprint density at radius 3 is 2.50 bits per heavy atom. The Bertz CT molecular complexity index is 838. The van der Waals surface area contributed by atoms with E-state index < -0.39 is 17.5 Å². The molecule has 0 fully saturated rings. The standard InChI is InChI=1S/C18H14F2N2O2/c1-21-18(24)14-7-3-2-5-12(14)6-4-10-22-17(23)13-8-9-15(19)16(20)11-13/h2-3,5,7-9,11H,10H2,1H3,(H,21,24)(H,22,23). The molecule has 2 amide bonds. The minimum absolute atomic E-state index is 0.0000921. The van der Waals surface area contributed by atoms with Gasteiger partial charge in [0.15, 0.2) is 11.6 Å². The minimum Gasteiger partial charge on any atom is -0.355 e. The van der Waals surface area contributed by atoms with Crippen LogP contribution >= 0.6 is 0 Å². The molecule has 4 nitrogen and oxygen atoms in total. The zero-order chi connectivity index (χ0) is 17.5. The van der Waals surface area contributed by atoms with E-state index in [0.717, 1.165) is 12.1 Å². The quantitative estimate of drug-likeness (QED) is 0.848. The SMILES string of the molecule is CNC(=O)c1ccccc1C#CCNC(=O)c1ccc(F)c(F)c1. The molecule has 6 heteroatoms. The molecule has 0 atom stereocenters. The van der Waals surface area contributed by atoms with Crippen LogP contribution in [0.3, 0.4) is 0 Å². The lowest BCUT2D eigenvalue weighted by Crippen LogP contribution is -2.23. The van der Waals surface area contributed by atoms with E-state index in [0.29, 0.717) is 11.1 Å². The van der Waals surface area contributed by atoms with Crippen molar-refractivity contribution in [3.8, 4) is 11.8 Å². The number of hydrogen-bond acceptors (Lipinski definition) is 2. The summed E-state index contributed by atoms with van der Waals surface area (Å²) >= 11 is 0. The van der Waals surface area contributed by atoms with Gasteiger partial charge in [0.05, 0.1) is 12.1 Å². The minimum atomic E-state index is -1.09. The molecule has 2 aromatic carbocycles. The topological polar surface area (TPSA) is 58.2 Å². The molecule has 0 heterocycles. The van der Waals surface area contributed by atoms with Crippen LogP contribution < -0.4 is 10.6 Å². The zero-order valence-corrected chi connectivity index (χ0v) is 12.8. The molecular weight excluding hydrogens is 314 g/mol. The molecule has 0 saturated heterocycles. The summed E-state index contributed by atoms with van der Waals surface area (Å²) in [4.78, 5) is 23.5. The van der Waals surface area contributed by atoms with Gasteiger partial charge >= 0.3 is 0 Å². The van der Waals surface area contributed by atoms with Crippen molar-refractivity contribution in [3.63, 3.8) is 0 Å². The van der Waals surface area contributed by atoms with E-state index in [1.165, 1.54) is 13.1 Å². The summed E-state index contributed by atoms with van der Waals surface area (Å²) in [5.41, 5.74) is 0.958. The van der Waals surface area contributed by atoms with Crippen LogP contribution in [-0.4, -0.2) is 25.4 Å². The Morgan fingerprint density at radius 2 is 1.79 bits per heavy atom. The van der Waals surface area contributed by atoms with Crippen molar-refractivity contribution >= 4 is 11.8 Å². The third kappa shape index (κ3) is 4.17. The highest BCUT2D eigenvalue weighted by Gasteiger charge is 2.09. The molecule has 0 aromatic heterocycles. The Balaban J connectivity index is 2.03. The van der Waals surface area contributed by atoms with Crippen LogP contribution in [0.5, 0.6) is 0 Å². The van der Waals surface area contributed by atoms with Gasteiger partial charge in [-0.05, 0) is 30.3 Å². The lowest BCUT2D eigenvalue weighted by atomic mass is 10.1. The second-order valence-corrected chi connectivity index (χ2v) is 4.74. The van der Waals surface area contributed by atoms with Crippen molar-refractivity contribution < 1.29 is 18.4 Å². The van der Waals surface area contributed by atoms with Crippen LogP contribution in [0, 0.1) is 23.5 Å². The van der Waals surface area contributed by atoms with Crippen LogP contribution in [0.1, 0.15) is 26.3 Å². The van der Waals surface area contributed by atoms with Crippen molar-refractivity contribution in [2.24, 2.45) is 0 Å². The third-order valence-electron chi connectivity index (χ3n) is 3.14. The summed E-state index contributed by atoms with van der Waals surface area (Å²) in [7, 11) is 1.52. The third-order valence-corrected chi connectivity index (χ3v) is 3.14. The van der Waals surface area contributed by atoms with E-state index in [4.69, 9.17) is 0 Å². The van der Waals surface area contributed by atoms with Crippen molar-refractivity contribution in [1.29, 1.82) is 0 Å². The van der Waals surface area contributed by atoms with Gasteiger partial charge in [0.25, 0.3) is 11.8 Å². The van der Waals surface area contributed by atoms with Gasteiger partial charge in [0.1, 0.15) is 0 Å². The van der Waals surface area contributed by atoms with Gasteiger partial charge in [0, 0.05) is 18.2 Å². The lowest BCUT2D eigenvalue weighted by Gasteiger charge is -2.03. The van der Waals surface area contributed by atoms with E-state index in [-0.39, 0.29) is 18.0 Å². The molecule has 0 aliphatic rings. The van der Waals surface area contributed by atoms with Gasteiger partial charge < -0.3 is 10.6 Å². The first-order chi connectivity index (χ1) is 11.5. The largest absolute Gasteiger partial charge is 0.355 e. The number of nitrogens with one attached hydrogen (secondary N) is 2. The molecule has 2 rings (SSSR count). The normalized spacial score (nSPS) is 9.62. The first kappa shape index (κ1) is 17.2. The van der Waals surface area contributed by atoms with Gasteiger partial charge in [-0.3, -0.25) is 9.59 Å². The van der Waals surface area contributed by atoms with Crippen molar-refractivity contribution in [1.82, 2.24) is 10.6 Å². The monoisotopic (exact) mass is 328 g/mol. The molecule has 0 radical (unpaired) electrons. The van der Waals surface area contributed by atoms with Gasteiger partial charge in [-0.2, -0.15) is 0 Å².